The number of anilines is 3. The van der Waals surface area contributed by atoms with Crippen LogP contribution in [0.5, 0.6) is 23.3 Å². The van der Waals surface area contributed by atoms with Crippen LogP contribution >= 0.6 is 34.8 Å². The van der Waals surface area contributed by atoms with Gasteiger partial charge >= 0.3 is 12.2 Å². The molecule has 6 aromatic heterocycles. The van der Waals surface area contributed by atoms with Crippen molar-refractivity contribution in [2.75, 3.05) is 81.1 Å². The van der Waals surface area contributed by atoms with Crippen molar-refractivity contribution in [3.63, 3.8) is 0 Å². The summed E-state index contributed by atoms with van der Waals surface area (Å²) >= 11 is 19.3. The molecule has 0 saturated carbocycles. The fraction of sp³-hybridized carbons (Fsp3) is 0.386. The van der Waals surface area contributed by atoms with Crippen LogP contribution in [0.15, 0.2) is 110 Å². The van der Waals surface area contributed by atoms with Crippen molar-refractivity contribution >= 4 is 114 Å². The Morgan fingerprint density at radius 3 is 1.38 bits per heavy atom. The molecule has 10 aromatic rings. The molecule has 3 N–H and O–H groups in total. The van der Waals surface area contributed by atoms with Crippen LogP contribution in [0.1, 0.15) is 111 Å². The van der Waals surface area contributed by atoms with Gasteiger partial charge in [-0.05, 0) is 103 Å². The third-order valence-corrected chi connectivity index (χ3v) is 17.4. The fourth-order valence-electron chi connectivity index (χ4n) is 11.8. The van der Waals surface area contributed by atoms with E-state index in [1.165, 1.54) is 24.8 Å². The number of ether oxygens (including phenoxy) is 6. The summed E-state index contributed by atoms with van der Waals surface area (Å²) < 4.78 is 68.7. The summed E-state index contributed by atoms with van der Waals surface area (Å²) in [5.74, 6) is 0.257. The highest BCUT2D eigenvalue weighted by Gasteiger charge is 2.32. The summed E-state index contributed by atoms with van der Waals surface area (Å²) in [5, 5.41) is 18.8. The summed E-state index contributed by atoms with van der Waals surface area (Å²) in [6.07, 6.45) is 10.1. The lowest BCUT2D eigenvalue weighted by atomic mass is 10.0. The highest BCUT2D eigenvalue weighted by Crippen LogP contribution is 2.44. The predicted octanol–water partition coefficient (Wildman–Crippen LogP) is 15.4. The van der Waals surface area contributed by atoms with E-state index in [1.54, 1.807) is 43.7 Å². The van der Waals surface area contributed by atoms with E-state index in [4.69, 9.17) is 74.4 Å². The molecule has 99 heavy (non-hydrogen) atoms. The van der Waals surface area contributed by atoms with Crippen molar-refractivity contribution in [3.8, 4) is 23.3 Å². The van der Waals surface area contributed by atoms with Gasteiger partial charge in [0.25, 0.3) is 0 Å². The number of hydrogen-bond acceptors (Lipinski definition) is 20. The molecule has 24 nitrogen and oxygen atoms in total. The first kappa shape index (κ1) is 71.0. The number of nitrogen functional groups attached to an aromatic ring is 1. The number of hydrogen-bond donors (Lipinski definition) is 2. The Hall–Kier alpha value is -9.34. The third kappa shape index (κ3) is 16.2. The van der Waals surface area contributed by atoms with Crippen LogP contribution in [0.4, 0.5) is 35.8 Å². The number of nitrogens with one attached hydrogen (secondary N) is 1. The molecule has 0 spiro atoms. The number of nitrogens with two attached hydrogens (primary N) is 1. The smallest absolute Gasteiger partial charge is 0.410 e. The maximum atomic E-state index is 15.1. The average Bonchev–Trinajstić information content (AvgIpc) is 1.76. The molecular weight excluding hydrogens is 1340 g/mol. The van der Waals surface area contributed by atoms with Crippen LogP contribution in [-0.2, 0) is 18.9 Å². The molecule has 2 unspecified atom stereocenters. The number of carbonyl (C=O) groups is 2. The number of benzene rings is 4. The summed E-state index contributed by atoms with van der Waals surface area (Å²) in [6.45, 7) is 16.1. The number of nitrogens with zero attached hydrogens (tertiary/aromatic N) is 14. The summed E-state index contributed by atoms with van der Waals surface area (Å²) in [7, 11) is 0. The molecule has 4 saturated heterocycles. The summed E-state index contributed by atoms with van der Waals surface area (Å²) in [5.41, 5.74) is 9.27. The fourth-order valence-corrected chi connectivity index (χ4v) is 12.4. The number of aromatic nitrogens is 10. The monoisotopic (exact) mass is 1410 g/mol. The lowest BCUT2D eigenvalue weighted by molar-refractivity contribution is -0.0368. The van der Waals surface area contributed by atoms with E-state index >= 15 is 8.78 Å². The molecule has 10 heterocycles. The first-order chi connectivity index (χ1) is 47.0. The average molecular weight is 1410 g/mol. The van der Waals surface area contributed by atoms with Crippen LogP contribution in [0.3, 0.4) is 0 Å². The van der Waals surface area contributed by atoms with E-state index in [-0.39, 0.29) is 76.3 Å². The van der Waals surface area contributed by atoms with Gasteiger partial charge in [-0.3, -0.25) is 5.41 Å². The van der Waals surface area contributed by atoms with Crippen LogP contribution in [0.2, 0.25) is 15.2 Å². The number of piperazine rings is 2. The van der Waals surface area contributed by atoms with Gasteiger partial charge in [-0.15, -0.1) is 0 Å². The second kappa shape index (κ2) is 30.4. The Bertz CT molecular complexity index is 4270. The summed E-state index contributed by atoms with van der Waals surface area (Å²) in [4.78, 5) is 59.1. The zero-order valence-corrected chi connectivity index (χ0v) is 57.1. The Morgan fingerprint density at radius 1 is 0.566 bits per heavy atom. The van der Waals surface area contributed by atoms with Gasteiger partial charge in [-0.2, -0.15) is 20.2 Å². The Kier molecular flexibility index (Phi) is 21.8. The maximum absolute atomic E-state index is 15.1. The number of rotatable bonds is 10. The highest BCUT2D eigenvalue weighted by atomic mass is 35.5. The van der Waals surface area contributed by atoms with Crippen LogP contribution in [0.25, 0.3) is 43.6 Å². The number of fused-ring (bicyclic) bond motifs is 4. The van der Waals surface area contributed by atoms with Gasteiger partial charge < -0.3 is 53.8 Å². The van der Waals surface area contributed by atoms with Crippen LogP contribution in [0, 0.1) is 17.0 Å². The van der Waals surface area contributed by atoms with Crippen LogP contribution < -0.4 is 25.0 Å². The minimum Gasteiger partial charge on any atom is -0.444 e. The van der Waals surface area contributed by atoms with E-state index in [0.29, 0.717) is 127 Å². The van der Waals surface area contributed by atoms with Gasteiger partial charge in [0.2, 0.25) is 11.8 Å². The molecule has 0 radical (unpaired) electrons. The van der Waals surface area contributed by atoms with Gasteiger partial charge in [-0.25, -0.2) is 47.7 Å². The van der Waals surface area contributed by atoms with Gasteiger partial charge in [0.15, 0.2) is 24.0 Å². The van der Waals surface area contributed by atoms with E-state index in [9.17, 15) is 9.59 Å². The lowest BCUT2D eigenvalue weighted by Gasteiger charge is -2.36. The summed E-state index contributed by atoms with van der Waals surface area (Å²) in [6, 6.07) is 25.5. The highest BCUT2D eigenvalue weighted by molar-refractivity contribution is 6.34. The van der Waals surface area contributed by atoms with Crippen molar-refractivity contribution in [2.24, 2.45) is 0 Å². The second-order valence-corrected chi connectivity index (χ2v) is 26.8. The van der Waals surface area contributed by atoms with Crippen molar-refractivity contribution < 1.29 is 46.8 Å². The molecule has 0 aliphatic carbocycles. The zero-order chi connectivity index (χ0) is 69.0. The quantitative estimate of drug-likeness (QED) is 0.0951. The van der Waals surface area contributed by atoms with Gasteiger partial charge in [-0.1, -0.05) is 103 Å². The maximum Gasteiger partial charge on any atom is 0.410 e. The molecule has 29 heteroatoms. The Morgan fingerprint density at radius 2 is 0.980 bits per heavy atom. The van der Waals surface area contributed by atoms with Gasteiger partial charge in [0.05, 0.1) is 50.7 Å². The Balaban J connectivity index is 0.000000166. The third-order valence-electron chi connectivity index (χ3n) is 16.5. The minimum absolute atomic E-state index is 0. The molecule has 520 valence electrons. The molecule has 4 fully saturated rings. The predicted molar refractivity (Wildman–Crippen MR) is 377 cm³/mol. The largest absolute Gasteiger partial charge is 0.444 e. The van der Waals surface area contributed by atoms with Crippen molar-refractivity contribution in [3.05, 3.63) is 148 Å². The first-order valence-electron chi connectivity index (χ1n) is 32.2. The molecule has 0 bridgehead atoms. The normalized spacial score (nSPS) is 16.7. The SMILES string of the molecule is C.CC(C)(C)OC(=O)N1CCN(c2ncnc3c(Oc4c(Cl)c(F)cc5c4cnn5C4CCCCO4)nc(Cl)cc23)CC1.CC(C)(C)OC(=O)N1CCN(c2ncnc3c(Oc4c(Cl)c(F)cc5c4cnn5C4CCCCO4)nc(N)cc23)CC1.N=C(c1ccccc1)c1ccccc1. The van der Waals surface area contributed by atoms with E-state index in [0.717, 1.165) is 49.7 Å². The standard InChI is InChI=1S/C28H30Cl2FN7O4.C28H32ClFN8O4.C13H11N.CH4/c1-28(2,3)42-27(39)37-9-7-36(8-10-37)25-16-12-20(29)35-26(23(16)32-15-33-25)41-24-17-14-34-38(21-6-4-5-11-40-21)19(17)13-18(31)22(24)30;1-28(2,3)42-27(39)37-9-7-36(8-10-37)25-16-12-20(31)35-26(23(16)32-15-33-25)41-24-17-14-34-38(21-6-4-5-11-40-21)19(17)13-18(30)22(24)29;14-13(11-7-3-1-4-8-11)12-9-5-2-6-10-12;/h12-15,21H,4-11H2,1-3H3;12-15,21H,4-11H2,1-3H3,(H2,31,35);1-10,14H;1H4. The van der Waals surface area contributed by atoms with E-state index in [2.05, 4.69) is 40.1 Å². The molecule has 14 rings (SSSR count). The van der Waals surface area contributed by atoms with Crippen molar-refractivity contribution in [1.29, 1.82) is 5.41 Å². The molecule has 2 atom stereocenters. The Labute approximate surface area is 585 Å². The van der Waals surface area contributed by atoms with Gasteiger partial charge in [0.1, 0.15) is 79.2 Å². The second-order valence-electron chi connectivity index (χ2n) is 25.7. The molecular formula is C70H77Cl3F2N16O8. The van der Waals surface area contributed by atoms with E-state index in [1.807, 2.05) is 112 Å². The van der Waals surface area contributed by atoms with E-state index < -0.39 is 22.8 Å². The molecule has 4 aliphatic heterocycles. The number of pyridine rings is 2. The van der Waals surface area contributed by atoms with Crippen LogP contribution in [-0.4, -0.2) is 154 Å². The zero-order valence-electron chi connectivity index (χ0n) is 54.9. The first-order valence-corrected chi connectivity index (χ1v) is 33.4. The number of carbonyl (C=O) groups excluding carboxylic acids is 2. The van der Waals surface area contributed by atoms with Crippen molar-refractivity contribution in [1.82, 2.24) is 59.3 Å². The van der Waals surface area contributed by atoms with Gasteiger partial charge in [0, 0.05) is 77.7 Å². The number of halogens is 5. The topological polar surface area (TPSA) is 265 Å². The van der Waals surface area contributed by atoms with Crippen molar-refractivity contribution in [2.45, 2.75) is 111 Å². The minimum atomic E-state index is -0.666. The number of amides is 2. The lowest BCUT2D eigenvalue weighted by Crippen LogP contribution is -2.50. The molecule has 2 amide bonds. The molecule has 4 aromatic carbocycles. The molecule has 4 aliphatic rings.